The predicted molar refractivity (Wildman–Crippen MR) is 104 cm³/mol. The second-order valence-electron chi connectivity index (χ2n) is 5.58. The van der Waals surface area contributed by atoms with Gasteiger partial charge in [-0.1, -0.05) is 6.92 Å². The largest absolute Gasteiger partial charge is 0.497 e. The molecule has 0 saturated heterocycles. The number of hydrazone groups is 1. The fourth-order valence-electron chi connectivity index (χ4n) is 2.03. The molecule has 27 heavy (non-hydrogen) atoms. The molecule has 9 nitrogen and oxygen atoms in total. The van der Waals surface area contributed by atoms with Crippen molar-refractivity contribution in [2.24, 2.45) is 5.10 Å². The Bertz CT molecular complexity index is 956. The first-order chi connectivity index (χ1) is 12.8. The van der Waals surface area contributed by atoms with E-state index in [4.69, 9.17) is 4.74 Å². The minimum atomic E-state index is -4.00. The zero-order valence-electron chi connectivity index (χ0n) is 15.1. The molecule has 2 aromatic carbocycles. The molecule has 10 heteroatoms. The van der Waals surface area contributed by atoms with Gasteiger partial charge < -0.3 is 4.74 Å². The van der Waals surface area contributed by atoms with Gasteiger partial charge >= 0.3 is 0 Å². The molecule has 0 fully saturated rings. The first-order valence-corrected chi connectivity index (χ1v) is 9.49. The fraction of sp³-hybridized carbons (Fsp3) is 0.235. The number of anilines is 2. The number of nitrogens with one attached hydrogen (secondary N) is 2. The third-order valence-corrected chi connectivity index (χ3v) is 5.08. The highest BCUT2D eigenvalue weighted by Gasteiger charge is 2.21. The Hall–Kier alpha value is -3.14. The average molecular weight is 392 g/mol. The van der Waals surface area contributed by atoms with Crippen molar-refractivity contribution in [2.75, 3.05) is 17.3 Å². The highest BCUT2D eigenvalue weighted by Crippen LogP contribution is 2.29. The molecule has 2 aromatic rings. The van der Waals surface area contributed by atoms with Crippen LogP contribution in [0.3, 0.4) is 0 Å². The average Bonchev–Trinajstić information content (AvgIpc) is 2.66. The van der Waals surface area contributed by atoms with Gasteiger partial charge in [-0.25, -0.2) is 8.42 Å². The molecule has 144 valence electrons. The summed E-state index contributed by atoms with van der Waals surface area (Å²) in [6.07, 6.45) is 0.680. The van der Waals surface area contributed by atoms with E-state index in [1.165, 1.54) is 31.4 Å². The molecule has 0 spiro atoms. The maximum absolute atomic E-state index is 12.5. The smallest absolute Gasteiger partial charge is 0.295 e. The molecule has 0 radical (unpaired) electrons. The minimum Gasteiger partial charge on any atom is -0.497 e. The Morgan fingerprint density at radius 3 is 2.44 bits per heavy atom. The number of nitrogens with zero attached hydrogens (tertiary/aromatic N) is 2. The summed E-state index contributed by atoms with van der Waals surface area (Å²) >= 11 is 0. The topological polar surface area (TPSA) is 123 Å². The highest BCUT2D eigenvalue weighted by atomic mass is 32.2. The van der Waals surface area contributed by atoms with Crippen LogP contribution in [0.25, 0.3) is 0 Å². The van der Waals surface area contributed by atoms with Crippen molar-refractivity contribution in [1.29, 1.82) is 0 Å². The van der Waals surface area contributed by atoms with Crippen molar-refractivity contribution in [2.45, 2.75) is 25.2 Å². The van der Waals surface area contributed by atoms with Gasteiger partial charge in [-0.15, -0.1) is 0 Å². The lowest BCUT2D eigenvalue weighted by Gasteiger charge is -2.10. The lowest BCUT2D eigenvalue weighted by atomic mass is 10.3. The van der Waals surface area contributed by atoms with Gasteiger partial charge in [0, 0.05) is 17.5 Å². The Balaban J connectivity index is 2.33. The lowest BCUT2D eigenvalue weighted by molar-refractivity contribution is -0.384. The molecule has 0 aliphatic rings. The van der Waals surface area contributed by atoms with E-state index in [1.54, 1.807) is 19.1 Å². The summed E-state index contributed by atoms with van der Waals surface area (Å²) in [4.78, 5) is 10.4. The molecule has 2 rings (SSSR count). The van der Waals surface area contributed by atoms with Crippen LogP contribution in [0.5, 0.6) is 5.75 Å². The number of hydrogen-bond acceptors (Lipinski definition) is 7. The number of ether oxygens (including phenoxy) is 1. The molecule has 0 atom stereocenters. The zero-order valence-corrected chi connectivity index (χ0v) is 15.9. The first kappa shape index (κ1) is 20.2. The molecule has 0 saturated carbocycles. The minimum absolute atomic E-state index is 0.108. The SMILES string of the molecule is CC/C(C)=N\Nc1ccc(S(=O)(=O)Nc2ccc(OC)cc2)cc1[N+](=O)[O-]. The monoisotopic (exact) mass is 392 g/mol. The van der Waals surface area contributed by atoms with Gasteiger partial charge in [0.25, 0.3) is 15.7 Å². The summed E-state index contributed by atoms with van der Waals surface area (Å²) in [5.74, 6) is 0.576. The third kappa shape index (κ3) is 5.17. The second-order valence-corrected chi connectivity index (χ2v) is 7.26. The standard InChI is InChI=1S/C17H20N4O5S/c1-4-12(2)18-19-16-10-9-15(11-17(16)21(22)23)27(24,25)20-13-5-7-14(26-3)8-6-13/h5-11,19-20H,4H2,1-3H3/b18-12-. The van der Waals surface area contributed by atoms with Gasteiger partial charge in [0.15, 0.2) is 0 Å². The Labute approximate surface area is 157 Å². The number of hydrogen-bond donors (Lipinski definition) is 2. The van der Waals surface area contributed by atoms with Gasteiger partial charge in [-0.3, -0.25) is 20.3 Å². The normalized spacial score (nSPS) is 11.7. The number of rotatable bonds is 8. The van der Waals surface area contributed by atoms with Crippen molar-refractivity contribution in [3.63, 3.8) is 0 Å². The molecule has 0 aromatic heterocycles. The molecule has 0 unspecified atom stereocenters. The van der Waals surface area contributed by atoms with E-state index in [1.807, 2.05) is 6.92 Å². The van der Waals surface area contributed by atoms with Crippen LogP contribution in [0.15, 0.2) is 52.5 Å². The van der Waals surface area contributed by atoms with E-state index in [-0.39, 0.29) is 16.3 Å². The zero-order chi connectivity index (χ0) is 20.0. The number of sulfonamides is 1. The summed E-state index contributed by atoms with van der Waals surface area (Å²) in [6.45, 7) is 3.67. The fourth-order valence-corrected chi connectivity index (χ4v) is 3.11. The van der Waals surface area contributed by atoms with Crippen LogP contribution in [-0.4, -0.2) is 26.2 Å². The van der Waals surface area contributed by atoms with Crippen molar-refractivity contribution < 1.29 is 18.1 Å². The van der Waals surface area contributed by atoms with Gasteiger partial charge in [0.1, 0.15) is 11.4 Å². The van der Waals surface area contributed by atoms with E-state index in [2.05, 4.69) is 15.2 Å². The van der Waals surface area contributed by atoms with Crippen molar-refractivity contribution in [3.8, 4) is 5.75 Å². The van der Waals surface area contributed by atoms with Crippen molar-refractivity contribution in [3.05, 3.63) is 52.6 Å². The predicted octanol–water partition coefficient (Wildman–Crippen LogP) is 3.60. The summed E-state index contributed by atoms with van der Waals surface area (Å²) in [7, 11) is -2.50. The summed E-state index contributed by atoms with van der Waals surface area (Å²) in [6, 6.07) is 9.84. The van der Waals surface area contributed by atoms with E-state index >= 15 is 0 Å². The second kappa shape index (κ2) is 8.49. The Morgan fingerprint density at radius 2 is 1.89 bits per heavy atom. The molecule has 0 heterocycles. The number of nitro groups is 1. The van der Waals surface area contributed by atoms with Crippen molar-refractivity contribution in [1.82, 2.24) is 0 Å². The van der Waals surface area contributed by atoms with Gasteiger partial charge in [0.2, 0.25) is 0 Å². The molecule has 0 amide bonds. The van der Waals surface area contributed by atoms with Crippen LogP contribution in [0.1, 0.15) is 20.3 Å². The van der Waals surface area contributed by atoms with E-state index < -0.39 is 14.9 Å². The molecular formula is C17H20N4O5S. The molecule has 0 aliphatic carbocycles. The Kier molecular flexibility index (Phi) is 6.35. The van der Waals surface area contributed by atoms with Crippen LogP contribution >= 0.6 is 0 Å². The van der Waals surface area contributed by atoms with E-state index in [9.17, 15) is 18.5 Å². The van der Waals surface area contributed by atoms with Gasteiger partial charge in [-0.05, 0) is 49.7 Å². The van der Waals surface area contributed by atoms with Gasteiger partial charge in [0.05, 0.1) is 16.9 Å². The number of methoxy groups -OCH3 is 1. The summed E-state index contributed by atoms with van der Waals surface area (Å²) in [5, 5.41) is 15.3. The van der Waals surface area contributed by atoms with E-state index in [0.29, 0.717) is 17.9 Å². The molecular weight excluding hydrogens is 372 g/mol. The lowest BCUT2D eigenvalue weighted by Crippen LogP contribution is -2.13. The van der Waals surface area contributed by atoms with Crippen LogP contribution < -0.4 is 14.9 Å². The highest BCUT2D eigenvalue weighted by molar-refractivity contribution is 7.92. The number of benzene rings is 2. The Morgan fingerprint density at radius 1 is 1.22 bits per heavy atom. The molecule has 0 aliphatic heterocycles. The maximum atomic E-state index is 12.5. The van der Waals surface area contributed by atoms with E-state index in [0.717, 1.165) is 11.8 Å². The van der Waals surface area contributed by atoms with Crippen LogP contribution in [0.2, 0.25) is 0 Å². The van der Waals surface area contributed by atoms with Gasteiger partial charge in [-0.2, -0.15) is 5.10 Å². The number of nitro benzene ring substituents is 1. The molecule has 0 bridgehead atoms. The summed E-state index contributed by atoms with van der Waals surface area (Å²) < 4.78 is 32.5. The van der Waals surface area contributed by atoms with Crippen LogP contribution in [-0.2, 0) is 10.0 Å². The van der Waals surface area contributed by atoms with Crippen LogP contribution in [0.4, 0.5) is 17.1 Å². The quantitative estimate of drug-likeness (QED) is 0.402. The maximum Gasteiger partial charge on any atom is 0.295 e. The summed E-state index contributed by atoms with van der Waals surface area (Å²) in [5.41, 5.74) is 3.38. The first-order valence-electron chi connectivity index (χ1n) is 8.01. The third-order valence-electron chi connectivity index (χ3n) is 3.70. The molecule has 2 N–H and O–H groups in total. The van der Waals surface area contributed by atoms with Crippen molar-refractivity contribution >= 4 is 32.8 Å². The van der Waals surface area contributed by atoms with Crippen LogP contribution in [0, 0.1) is 10.1 Å².